The summed E-state index contributed by atoms with van der Waals surface area (Å²) in [5, 5.41) is 9.96. The Morgan fingerprint density at radius 2 is 2.05 bits per heavy atom. The second-order valence-electron chi connectivity index (χ2n) is 5.50. The average molecular weight is 286 g/mol. The highest BCUT2D eigenvalue weighted by atomic mass is 16.4. The summed E-state index contributed by atoms with van der Waals surface area (Å²) in [6.45, 7) is 4.02. The molecule has 4 nitrogen and oxygen atoms in total. The van der Waals surface area contributed by atoms with E-state index in [9.17, 15) is 4.79 Å². The lowest BCUT2D eigenvalue weighted by Gasteiger charge is -2.12. The van der Waals surface area contributed by atoms with E-state index in [-0.39, 0.29) is 0 Å². The smallest absolute Gasteiger partial charge is 0.328 e. The van der Waals surface area contributed by atoms with Gasteiger partial charge in [0.25, 0.3) is 0 Å². The van der Waals surface area contributed by atoms with Crippen LogP contribution in [0.15, 0.2) is 30.3 Å². The second kappa shape index (κ2) is 6.59. The summed E-state index contributed by atoms with van der Waals surface area (Å²) < 4.78 is 2.28. The quantitative estimate of drug-likeness (QED) is 0.830. The fraction of sp³-hybridized carbons (Fsp3) is 0.353. The minimum Gasteiger partial charge on any atom is -0.478 e. The Balaban J connectivity index is 2.40. The lowest BCUT2D eigenvalue weighted by molar-refractivity contribution is -0.131. The fourth-order valence-corrected chi connectivity index (χ4v) is 2.66. The third-order valence-electron chi connectivity index (χ3n) is 3.66. The van der Waals surface area contributed by atoms with Crippen molar-refractivity contribution in [3.8, 4) is 0 Å². The molecule has 2 rings (SSSR count). The fourth-order valence-electron chi connectivity index (χ4n) is 2.66. The number of hydrogen-bond donors (Lipinski definition) is 1. The van der Waals surface area contributed by atoms with Crippen LogP contribution in [0, 0.1) is 6.92 Å². The molecule has 0 fully saturated rings. The summed E-state index contributed by atoms with van der Waals surface area (Å²) in [5.41, 5.74) is 3.28. The number of carboxylic acids is 1. The first-order chi connectivity index (χ1) is 10.0. The van der Waals surface area contributed by atoms with E-state index in [2.05, 4.69) is 36.6 Å². The molecule has 2 aromatic rings. The topological polar surface area (TPSA) is 45.5 Å². The molecule has 1 aromatic heterocycles. The highest BCUT2D eigenvalue weighted by Crippen LogP contribution is 2.27. The Hall–Kier alpha value is -2.07. The van der Waals surface area contributed by atoms with Crippen LogP contribution in [0.2, 0.25) is 0 Å². The van der Waals surface area contributed by atoms with E-state index in [1.54, 1.807) is 6.08 Å². The van der Waals surface area contributed by atoms with E-state index in [1.165, 1.54) is 11.6 Å². The summed E-state index contributed by atoms with van der Waals surface area (Å²) in [5.74, 6) is -0.918. The maximum Gasteiger partial charge on any atom is 0.328 e. The van der Waals surface area contributed by atoms with Gasteiger partial charge in [0.2, 0.25) is 0 Å². The van der Waals surface area contributed by atoms with Crippen molar-refractivity contribution in [2.24, 2.45) is 0 Å². The lowest BCUT2D eigenvalue weighted by atomic mass is 10.1. The van der Waals surface area contributed by atoms with E-state index < -0.39 is 5.97 Å². The summed E-state index contributed by atoms with van der Waals surface area (Å²) in [7, 11) is 4.14. The van der Waals surface area contributed by atoms with E-state index in [0.717, 1.165) is 36.2 Å². The van der Waals surface area contributed by atoms with Gasteiger partial charge >= 0.3 is 5.97 Å². The van der Waals surface area contributed by atoms with Crippen molar-refractivity contribution < 1.29 is 9.90 Å². The van der Waals surface area contributed by atoms with Crippen LogP contribution in [-0.4, -0.2) is 41.2 Å². The highest BCUT2D eigenvalue weighted by molar-refractivity contribution is 5.95. The molecule has 112 valence electrons. The molecule has 0 spiro atoms. The van der Waals surface area contributed by atoms with Crippen LogP contribution in [0.25, 0.3) is 17.0 Å². The lowest BCUT2D eigenvalue weighted by Crippen LogP contribution is -2.15. The predicted molar refractivity (Wildman–Crippen MR) is 86.5 cm³/mol. The van der Waals surface area contributed by atoms with Gasteiger partial charge in [-0.05, 0) is 46.1 Å². The molecule has 0 aliphatic rings. The molecule has 21 heavy (non-hydrogen) atoms. The van der Waals surface area contributed by atoms with Gasteiger partial charge in [-0.2, -0.15) is 0 Å². The van der Waals surface area contributed by atoms with Crippen LogP contribution in [0.5, 0.6) is 0 Å². The zero-order valence-electron chi connectivity index (χ0n) is 12.8. The zero-order valence-corrected chi connectivity index (χ0v) is 12.8. The van der Waals surface area contributed by atoms with Crippen LogP contribution < -0.4 is 0 Å². The number of nitrogens with zero attached hydrogens (tertiary/aromatic N) is 2. The SMILES string of the molecule is Cc1c(C=CC(=O)O)c2ccccc2n1CCCN(C)C. The first-order valence-electron chi connectivity index (χ1n) is 7.14. The molecule has 0 saturated heterocycles. The van der Waals surface area contributed by atoms with E-state index in [0.29, 0.717) is 0 Å². The van der Waals surface area contributed by atoms with Gasteiger partial charge in [-0.25, -0.2) is 4.79 Å². The molecule has 1 heterocycles. The Labute approximate surface area is 125 Å². The number of benzene rings is 1. The first-order valence-corrected chi connectivity index (χ1v) is 7.14. The number of fused-ring (bicyclic) bond motifs is 1. The van der Waals surface area contributed by atoms with Crippen LogP contribution in [0.3, 0.4) is 0 Å². The summed E-state index contributed by atoms with van der Waals surface area (Å²) in [6.07, 6.45) is 3.97. The van der Waals surface area contributed by atoms with Gasteiger partial charge in [0.15, 0.2) is 0 Å². The third-order valence-corrected chi connectivity index (χ3v) is 3.66. The molecule has 0 bridgehead atoms. The molecule has 1 aromatic carbocycles. The van der Waals surface area contributed by atoms with Crippen molar-refractivity contribution in [1.82, 2.24) is 9.47 Å². The molecule has 0 aliphatic heterocycles. The Bertz CT molecular complexity index is 669. The van der Waals surface area contributed by atoms with Crippen LogP contribution in [0.1, 0.15) is 17.7 Å². The third kappa shape index (κ3) is 3.52. The van der Waals surface area contributed by atoms with Crippen molar-refractivity contribution in [3.63, 3.8) is 0 Å². The van der Waals surface area contributed by atoms with Crippen LogP contribution in [-0.2, 0) is 11.3 Å². The predicted octanol–water partition coefficient (Wildman–Crippen LogP) is 3.00. The van der Waals surface area contributed by atoms with E-state index in [4.69, 9.17) is 5.11 Å². The minimum atomic E-state index is -0.918. The van der Waals surface area contributed by atoms with Gasteiger partial charge < -0.3 is 14.6 Å². The number of aryl methyl sites for hydroxylation is 1. The number of para-hydroxylation sites is 1. The average Bonchev–Trinajstić information content (AvgIpc) is 2.69. The molecule has 1 N–H and O–H groups in total. The van der Waals surface area contributed by atoms with Gasteiger partial charge in [-0.15, -0.1) is 0 Å². The maximum atomic E-state index is 10.8. The molecule has 0 unspecified atom stereocenters. The Kier molecular flexibility index (Phi) is 4.81. The Morgan fingerprint density at radius 1 is 1.33 bits per heavy atom. The standard InChI is InChI=1S/C17H22N2O2/c1-13-14(9-10-17(20)21)15-7-4-5-8-16(15)19(13)12-6-11-18(2)3/h4-5,7-10H,6,11-12H2,1-3H3,(H,20,21). The molecule has 0 amide bonds. The van der Waals surface area contributed by atoms with Crippen molar-refractivity contribution in [3.05, 3.63) is 41.6 Å². The van der Waals surface area contributed by atoms with Crippen molar-refractivity contribution >= 4 is 22.9 Å². The monoisotopic (exact) mass is 286 g/mol. The van der Waals surface area contributed by atoms with Crippen LogP contribution >= 0.6 is 0 Å². The van der Waals surface area contributed by atoms with Crippen molar-refractivity contribution in [1.29, 1.82) is 0 Å². The maximum absolute atomic E-state index is 10.8. The van der Waals surface area contributed by atoms with Gasteiger partial charge in [0.05, 0.1) is 0 Å². The number of rotatable bonds is 6. The van der Waals surface area contributed by atoms with E-state index >= 15 is 0 Å². The van der Waals surface area contributed by atoms with E-state index in [1.807, 2.05) is 18.2 Å². The molecule has 0 atom stereocenters. The highest BCUT2D eigenvalue weighted by Gasteiger charge is 2.11. The second-order valence-corrected chi connectivity index (χ2v) is 5.50. The minimum absolute atomic E-state index is 0.918. The zero-order chi connectivity index (χ0) is 15.4. The summed E-state index contributed by atoms with van der Waals surface area (Å²) >= 11 is 0. The molecule has 0 radical (unpaired) electrons. The number of hydrogen-bond acceptors (Lipinski definition) is 2. The van der Waals surface area contributed by atoms with Crippen molar-refractivity contribution in [2.45, 2.75) is 19.9 Å². The summed E-state index contributed by atoms with van der Waals surface area (Å²) in [6, 6.07) is 8.15. The number of carboxylic acid groups (broad SMARTS) is 1. The summed E-state index contributed by atoms with van der Waals surface area (Å²) in [4.78, 5) is 12.9. The molecule has 0 saturated carbocycles. The van der Waals surface area contributed by atoms with Gasteiger partial charge in [-0.3, -0.25) is 0 Å². The normalized spacial score (nSPS) is 11.8. The van der Waals surface area contributed by atoms with Crippen LogP contribution in [0.4, 0.5) is 0 Å². The molecule has 0 aliphatic carbocycles. The number of carbonyl (C=O) groups is 1. The first kappa shape index (κ1) is 15.3. The molecular formula is C17H22N2O2. The molecule has 4 heteroatoms. The van der Waals surface area contributed by atoms with Crippen molar-refractivity contribution in [2.75, 3.05) is 20.6 Å². The molecular weight excluding hydrogens is 264 g/mol. The van der Waals surface area contributed by atoms with Gasteiger partial charge in [0.1, 0.15) is 0 Å². The number of aromatic nitrogens is 1. The largest absolute Gasteiger partial charge is 0.478 e. The van der Waals surface area contributed by atoms with Gasteiger partial charge in [0, 0.05) is 34.8 Å². The van der Waals surface area contributed by atoms with Gasteiger partial charge in [-0.1, -0.05) is 18.2 Å². The Morgan fingerprint density at radius 3 is 2.71 bits per heavy atom. The number of aliphatic carboxylic acids is 1.